The minimum atomic E-state index is -0.00152. The van der Waals surface area contributed by atoms with E-state index in [9.17, 15) is 4.79 Å². The number of carbonyl (C=O) groups is 1. The molecule has 3 nitrogen and oxygen atoms in total. The number of amides is 1. The maximum absolute atomic E-state index is 12.6. The van der Waals surface area contributed by atoms with Crippen molar-refractivity contribution < 1.29 is 4.79 Å². The fourth-order valence-electron chi connectivity index (χ4n) is 3.63. The molecule has 0 radical (unpaired) electrons. The summed E-state index contributed by atoms with van der Waals surface area (Å²) in [4.78, 5) is 12.6. The lowest BCUT2D eigenvalue weighted by molar-refractivity contribution is -0.123. The van der Waals surface area contributed by atoms with Crippen LogP contribution in [-0.2, 0) is 4.79 Å². The van der Waals surface area contributed by atoms with Gasteiger partial charge in [0.25, 0.3) is 0 Å². The summed E-state index contributed by atoms with van der Waals surface area (Å²) < 4.78 is 0. The van der Waals surface area contributed by atoms with E-state index in [0.717, 1.165) is 36.4 Å². The molecule has 3 rings (SSSR count). The van der Waals surface area contributed by atoms with Crippen LogP contribution in [0, 0.1) is 5.92 Å². The molecule has 1 heterocycles. The summed E-state index contributed by atoms with van der Waals surface area (Å²) in [5.41, 5.74) is 2.26. The molecule has 1 aliphatic carbocycles. The molecule has 3 heteroatoms. The van der Waals surface area contributed by atoms with Gasteiger partial charge in [0.2, 0.25) is 5.91 Å². The lowest BCUT2D eigenvalue weighted by atomic mass is 9.86. The lowest BCUT2D eigenvalue weighted by Gasteiger charge is -2.31. The standard InChI is InChI=1S/C17H24N2O/c1-11-7-8-13(9-11)19-17(20)15-10-12(2)18-16-6-4-3-5-14(15)16/h3-6,11-13,15,18H,7-10H2,1-2H3,(H,19,20). The van der Waals surface area contributed by atoms with Gasteiger partial charge in [0.05, 0.1) is 5.92 Å². The first kappa shape index (κ1) is 13.5. The molecule has 20 heavy (non-hydrogen) atoms. The first-order chi connectivity index (χ1) is 9.63. The van der Waals surface area contributed by atoms with Crippen molar-refractivity contribution in [3.05, 3.63) is 29.8 Å². The summed E-state index contributed by atoms with van der Waals surface area (Å²) in [5, 5.41) is 6.74. The number of para-hydroxylation sites is 1. The molecule has 2 N–H and O–H groups in total. The van der Waals surface area contributed by atoms with Gasteiger partial charge in [-0.25, -0.2) is 0 Å². The highest BCUT2D eigenvalue weighted by Gasteiger charge is 2.31. The summed E-state index contributed by atoms with van der Waals surface area (Å²) in [7, 11) is 0. The second kappa shape index (κ2) is 5.47. The van der Waals surface area contributed by atoms with Crippen molar-refractivity contribution in [1.82, 2.24) is 5.32 Å². The summed E-state index contributed by atoms with van der Waals surface area (Å²) >= 11 is 0. The van der Waals surface area contributed by atoms with Gasteiger partial charge in [-0.2, -0.15) is 0 Å². The molecule has 0 spiro atoms. The van der Waals surface area contributed by atoms with Gasteiger partial charge >= 0.3 is 0 Å². The minimum Gasteiger partial charge on any atom is -0.382 e. The van der Waals surface area contributed by atoms with E-state index in [0.29, 0.717) is 12.1 Å². The Labute approximate surface area is 121 Å². The van der Waals surface area contributed by atoms with Gasteiger partial charge in [-0.3, -0.25) is 4.79 Å². The number of carbonyl (C=O) groups excluding carboxylic acids is 1. The normalized spacial score (nSPS) is 32.3. The van der Waals surface area contributed by atoms with Crippen molar-refractivity contribution >= 4 is 11.6 Å². The molecule has 0 aromatic heterocycles. The predicted molar refractivity (Wildman–Crippen MR) is 81.8 cm³/mol. The Morgan fingerprint density at radius 2 is 2.00 bits per heavy atom. The third kappa shape index (κ3) is 2.67. The SMILES string of the molecule is CC1CCC(NC(=O)C2CC(C)Nc3ccccc32)C1. The molecule has 1 amide bonds. The molecule has 4 atom stereocenters. The Morgan fingerprint density at radius 3 is 2.75 bits per heavy atom. The smallest absolute Gasteiger partial charge is 0.227 e. The van der Waals surface area contributed by atoms with E-state index in [1.807, 2.05) is 12.1 Å². The van der Waals surface area contributed by atoms with E-state index < -0.39 is 0 Å². The van der Waals surface area contributed by atoms with E-state index >= 15 is 0 Å². The Morgan fingerprint density at radius 1 is 1.20 bits per heavy atom. The van der Waals surface area contributed by atoms with E-state index in [-0.39, 0.29) is 11.8 Å². The molecule has 1 saturated carbocycles. The topological polar surface area (TPSA) is 41.1 Å². The summed E-state index contributed by atoms with van der Waals surface area (Å²) in [6.45, 7) is 4.42. The maximum Gasteiger partial charge on any atom is 0.227 e. The van der Waals surface area contributed by atoms with Gasteiger partial charge in [0.15, 0.2) is 0 Å². The Kier molecular flexibility index (Phi) is 3.68. The van der Waals surface area contributed by atoms with Gasteiger partial charge in [0.1, 0.15) is 0 Å². The molecule has 0 bridgehead atoms. The zero-order valence-corrected chi connectivity index (χ0v) is 12.4. The Hall–Kier alpha value is -1.51. The number of anilines is 1. The molecule has 1 aromatic carbocycles. The van der Waals surface area contributed by atoms with Crippen molar-refractivity contribution in [3.63, 3.8) is 0 Å². The van der Waals surface area contributed by atoms with Crippen LogP contribution in [0.4, 0.5) is 5.69 Å². The van der Waals surface area contributed by atoms with Crippen molar-refractivity contribution in [2.75, 3.05) is 5.32 Å². The lowest BCUT2D eigenvalue weighted by Crippen LogP contribution is -2.40. The number of rotatable bonds is 2. The van der Waals surface area contributed by atoms with E-state index in [2.05, 4.69) is 36.6 Å². The van der Waals surface area contributed by atoms with Crippen LogP contribution in [0.2, 0.25) is 0 Å². The zero-order valence-electron chi connectivity index (χ0n) is 12.4. The van der Waals surface area contributed by atoms with Gasteiger partial charge in [-0.15, -0.1) is 0 Å². The Bertz CT molecular complexity index is 500. The first-order valence-corrected chi connectivity index (χ1v) is 7.79. The second-order valence-electron chi connectivity index (χ2n) is 6.54. The number of hydrogen-bond donors (Lipinski definition) is 2. The van der Waals surface area contributed by atoms with Crippen LogP contribution in [0.25, 0.3) is 0 Å². The molecular weight excluding hydrogens is 248 g/mol. The van der Waals surface area contributed by atoms with Crippen LogP contribution in [-0.4, -0.2) is 18.0 Å². The van der Waals surface area contributed by atoms with Crippen LogP contribution >= 0.6 is 0 Å². The second-order valence-corrected chi connectivity index (χ2v) is 6.54. The third-order valence-electron chi connectivity index (χ3n) is 4.69. The highest BCUT2D eigenvalue weighted by Crippen LogP contribution is 2.34. The van der Waals surface area contributed by atoms with Crippen LogP contribution < -0.4 is 10.6 Å². The summed E-state index contributed by atoms with van der Waals surface area (Å²) in [6, 6.07) is 8.93. The van der Waals surface area contributed by atoms with Gasteiger partial charge < -0.3 is 10.6 Å². The summed E-state index contributed by atoms with van der Waals surface area (Å²) in [6.07, 6.45) is 4.39. The van der Waals surface area contributed by atoms with Crippen molar-refractivity contribution in [2.24, 2.45) is 5.92 Å². The van der Waals surface area contributed by atoms with Crippen LogP contribution in [0.5, 0.6) is 0 Å². The first-order valence-electron chi connectivity index (χ1n) is 7.79. The average Bonchev–Trinajstić information content (AvgIpc) is 2.83. The number of fused-ring (bicyclic) bond motifs is 1. The molecule has 1 fully saturated rings. The summed E-state index contributed by atoms with van der Waals surface area (Å²) in [5.74, 6) is 0.961. The van der Waals surface area contributed by atoms with Crippen molar-refractivity contribution in [3.8, 4) is 0 Å². The highest BCUT2D eigenvalue weighted by molar-refractivity contribution is 5.86. The highest BCUT2D eigenvalue weighted by atomic mass is 16.1. The van der Waals surface area contributed by atoms with Crippen molar-refractivity contribution in [1.29, 1.82) is 0 Å². The molecule has 1 aliphatic heterocycles. The fraction of sp³-hybridized carbons (Fsp3) is 0.588. The Balaban J connectivity index is 1.74. The van der Waals surface area contributed by atoms with Crippen molar-refractivity contribution in [2.45, 2.75) is 57.5 Å². The van der Waals surface area contributed by atoms with Gasteiger partial charge in [-0.05, 0) is 50.2 Å². The minimum absolute atomic E-state index is 0.00152. The van der Waals surface area contributed by atoms with Crippen LogP contribution in [0.3, 0.4) is 0 Å². The predicted octanol–water partition coefficient (Wildman–Crippen LogP) is 3.28. The molecule has 0 saturated heterocycles. The number of nitrogens with one attached hydrogen (secondary N) is 2. The largest absolute Gasteiger partial charge is 0.382 e. The molecule has 108 valence electrons. The van der Waals surface area contributed by atoms with E-state index in [1.165, 1.54) is 6.42 Å². The van der Waals surface area contributed by atoms with Gasteiger partial charge in [-0.1, -0.05) is 25.1 Å². The number of benzene rings is 1. The molecular formula is C17H24N2O. The van der Waals surface area contributed by atoms with Gasteiger partial charge in [0, 0.05) is 17.8 Å². The van der Waals surface area contributed by atoms with Crippen LogP contribution in [0.1, 0.15) is 51.0 Å². The van der Waals surface area contributed by atoms with E-state index in [1.54, 1.807) is 0 Å². The number of hydrogen-bond acceptors (Lipinski definition) is 2. The maximum atomic E-state index is 12.6. The van der Waals surface area contributed by atoms with E-state index in [4.69, 9.17) is 0 Å². The van der Waals surface area contributed by atoms with Crippen LogP contribution in [0.15, 0.2) is 24.3 Å². The monoisotopic (exact) mass is 272 g/mol. The fourth-order valence-corrected chi connectivity index (χ4v) is 3.63. The molecule has 4 unspecified atom stereocenters. The molecule has 1 aromatic rings. The molecule has 2 aliphatic rings. The third-order valence-corrected chi connectivity index (χ3v) is 4.69. The zero-order chi connectivity index (χ0) is 14.1. The quantitative estimate of drug-likeness (QED) is 0.867. The average molecular weight is 272 g/mol.